The normalized spacial score (nSPS) is 15.9. The first-order valence-corrected chi connectivity index (χ1v) is 7.44. The molecule has 0 saturated carbocycles. The number of thioether (sulfide) groups is 1. The quantitative estimate of drug-likeness (QED) is 0.511. The van der Waals surface area contributed by atoms with Crippen LogP contribution in [0.5, 0.6) is 0 Å². The van der Waals surface area contributed by atoms with E-state index in [0.717, 1.165) is 35.8 Å². The van der Waals surface area contributed by atoms with Crippen molar-refractivity contribution in [2.45, 2.75) is 19.8 Å². The van der Waals surface area contributed by atoms with Crippen LogP contribution in [-0.2, 0) is 0 Å². The maximum atomic E-state index is 10.8. The summed E-state index contributed by atoms with van der Waals surface area (Å²) in [5.74, 6) is 0.666. The molecule has 21 heavy (non-hydrogen) atoms. The zero-order chi connectivity index (χ0) is 14.4. The minimum Gasteiger partial charge on any atom is -0.261 e. The molecule has 0 aliphatic carbocycles. The number of hydrogen-bond donors (Lipinski definition) is 1. The van der Waals surface area contributed by atoms with E-state index >= 15 is 0 Å². The Kier molecular flexibility index (Phi) is 7.18. The van der Waals surface area contributed by atoms with Crippen molar-refractivity contribution in [2.24, 2.45) is 10.1 Å². The smallest absolute Gasteiger partial charge is 0.261 e. The van der Waals surface area contributed by atoms with Gasteiger partial charge in [0.1, 0.15) is 0 Å². The highest BCUT2D eigenvalue weighted by molar-refractivity contribution is 8.14. The van der Waals surface area contributed by atoms with Crippen LogP contribution < -0.4 is 5.43 Å². The average molecular weight is 329 g/mol. The lowest BCUT2D eigenvalue weighted by atomic mass is 10.1. The second-order valence-corrected chi connectivity index (χ2v) is 5.27. The predicted octanol–water partition coefficient (Wildman–Crippen LogP) is 3.21. The Morgan fingerprint density at radius 2 is 2.33 bits per heavy atom. The molecule has 1 aromatic rings. The number of nitrogens with zero attached hydrogens (tertiary/aromatic N) is 3. The van der Waals surface area contributed by atoms with Crippen LogP contribution in [0.1, 0.15) is 25.3 Å². The van der Waals surface area contributed by atoms with Crippen molar-refractivity contribution in [3.63, 3.8) is 0 Å². The number of nitro groups is 1. The number of rotatable bonds is 5. The molecule has 0 fully saturated rings. The van der Waals surface area contributed by atoms with Crippen LogP contribution in [0.3, 0.4) is 0 Å². The topological polar surface area (TPSA) is 79.9 Å². The fourth-order valence-electron chi connectivity index (χ4n) is 1.68. The lowest BCUT2D eigenvalue weighted by molar-refractivity contribution is -0.384. The van der Waals surface area contributed by atoms with Gasteiger partial charge in [0.2, 0.25) is 0 Å². The van der Waals surface area contributed by atoms with E-state index in [0.29, 0.717) is 5.75 Å². The first-order chi connectivity index (χ1) is 9.70. The minimum atomic E-state index is -0.398. The number of hydrazone groups is 1. The molecule has 8 heteroatoms. The minimum absolute atomic E-state index is 0. The van der Waals surface area contributed by atoms with Crippen molar-refractivity contribution in [3.05, 3.63) is 39.9 Å². The standard InChI is InChI=1S/C13H16N4O2S.ClH/c1-2-3-7-14-13-16-15-12(9-20-13)10-5-4-6-11(8-10)17(18)19;/h4-6,8H,2-3,7,9H2,1H3,(H,14,16);1H. The number of non-ortho nitro benzene ring substituents is 1. The van der Waals surface area contributed by atoms with Gasteiger partial charge in [-0.1, -0.05) is 37.2 Å². The summed E-state index contributed by atoms with van der Waals surface area (Å²) in [4.78, 5) is 14.8. The molecule has 114 valence electrons. The molecule has 0 spiro atoms. The molecule has 0 atom stereocenters. The molecule has 0 bridgehead atoms. The largest absolute Gasteiger partial charge is 0.270 e. The molecule has 1 aliphatic heterocycles. The molecular formula is C13H17ClN4O2S. The van der Waals surface area contributed by atoms with E-state index in [4.69, 9.17) is 0 Å². The summed E-state index contributed by atoms with van der Waals surface area (Å²) in [6, 6.07) is 6.52. The van der Waals surface area contributed by atoms with E-state index in [1.54, 1.807) is 23.9 Å². The number of benzene rings is 1. The van der Waals surface area contributed by atoms with Crippen LogP contribution >= 0.6 is 24.2 Å². The molecular weight excluding hydrogens is 312 g/mol. The molecule has 0 amide bonds. The van der Waals surface area contributed by atoms with Crippen molar-refractivity contribution in [2.75, 3.05) is 12.3 Å². The van der Waals surface area contributed by atoms with E-state index < -0.39 is 4.92 Å². The fraction of sp³-hybridized carbons (Fsp3) is 0.385. The van der Waals surface area contributed by atoms with E-state index in [-0.39, 0.29) is 18.1 Å². The second kappa shape index (κ2) is 8.63. The van der Waals surface area contributed by atoms with Gasteiger partial charge in [-0.3, -0.25) is 20.5 Å². The Morgan fingerprint density at radius 3 is 2.95 bits per heavy atom. The molecule has 6 nitrogen and oxygen atoms in total. The summed E-state index contributed by atoms with van der Waals surface area (Å²) < 4.78 is 0. The summed E-state index contributed by atoms with van der Waals surface area (Å²) in [5, 5.41) is 15.8. The summed E-state index contributed by atoms with van der Waals surface area (Å²) in [6.45, 7) is 2.92. The zero-order valence-corrected chi connectivity index (χ0v) is 13.2. The Labute approximate surface area is 133 Å². The number of nitro benzene ring substituents is 1. The molecule has 0 saturated heterocycles. The summed E-state index contributed by atoms with van der Waals surface area (Å²) in [7, 11) is 0. The van der Waals surface area contributed by atoms with Crippen LogP contribution in [0.4, 0.5) is 5.69 Å². The van der Waals surface area contributed by atoms with Gasteiger partial charge >= 0.3 is 0 Å². The lowest BCUT2D eigenvalue weighted by Gasteiger charge is -2.14. The summed E-state index contributed by atoms with van der Waals surface area (Å²) in [6.07, 6.45) is 2.18. The molecule has 1 aliphatic rings. The van der Waals surface area contributed by atoms with E-state index in [1.807, 2.05) is 6.07 Å². The zero-order valence-electron chi connectivity index (χ0n) is 11.6. The van der Waals surface area contributed by atoms with Crippen molar-refractivity contribution in [1.82, 2.24) is 5.43 Å². The highest BCUT2D eigenvalue weighted by Crippen LogP contribution is 2.18. The molecule has 2 rings (SSSR count). The highest BCUT2D eigenvalue weighted by Gasteiger charge is 2.15. The van der Waals surface area contributed by atoms with Gasteiger partial charge in [-0.15, -0.1) is 12.4 Å². The van der Waals surface area contributed by atoms with Gasteiger partial charge in [-0.25, -0.2) is 0 Å². The van der Waals surface area contributed by atoms with Crippen molar-refractivity contribution >= 4 is 40.7 Å². The second-order valence-electron chi connectivity index (χ2n) is 4.31. The third-order valence-electron chi connectivity index (χ3n) is 2.79. The third kappa shape index (κ3) is 5.02. The van der Waals surface area contributed by atoms with Gasteiger partial charge < -0.3 is 0 Å². The van der Waals surface area contributed by atoms with Crippen molar-refractivity contribution < 1.29 is 4.92 Å². The van der Waals surface area contributed by atoms with Crippen LogP contribution in [-0.4, -0.2) is 28.1 Å². The SMILES string of the molecule is CCCCN=C1NN=C(c2cccc([N+](=O)[O-])c2)CS1.Cl. The number of nitrogens with one attached hydrogen (secondary N) is 1. The maximum Gasteiger partial charge on any atom is 0.270 e. The lowest BCUT2D eigenvalue weighted by Crippen LogP contribution is -2.25. The van der Waals surface area contributed by atoms with Crippen molar-refractivity contribution in [1.29, 1.82) is 0 Å². The molecule has 0 radical (unpaired) electrons. The summed E-state index contributed by atoms with van der Waals surface area (Å²) >= 11 is 1.57. The molecule has 0 aromatic heterocycles. The Bertz CT molecular complexity index is 563. The average Bonchev–Trinajstić information content (AvgIpc) is 2.48. The maximum absolute atomic E-state index is 10.8. The highest BCUT2D eigenvalue weighted by atomic mass is 35.5. The van der Waals surface area contributed by atoms with E-state index in [9.17, 15) is 10.1 Å². The van der Waals surface area contributed by atoms with E-state index in [2.05, 4.69) is 22.4 Å². The van der Waals surface area contributed by atoms with Crippen LogP contribution in [0.2, 0.25) is 0 Å². The van der Waals surface area contributed by atoms with Gasteiger partial charge in [-0.2, -0.15) is 5.10 Å². The van der Waals surface area contributed by atoms with Gasteiger partial charge in [-0.05, 0) is 6.42 Å². The van der Waals surface area contributed by atoms with Crippen LogP contribution in [0.15, 0.2) is 34.4 Å². The van der Waals surface area contributed by atoms with Gasteiger partial charge in [0.25, 0.3) is 5.69 Å². The molecule has 1 aromatic carbocycles. The number of amidine groups is 1. The first-order valence-electron chi connectivity index (χ1n) is 6.45. The molecule has 1 N–H and O–H groups in total. The number of aliphatic imine (C=N–C) groups is 1. The van der Waals surface area contributed by atoms with Gasteiger partial charge in [0.05, 0.1) is 10.6 Å². The van der Waals surface area contributed by atoms with Gasteiger partial charge in [0.15, 0.2) is 5.17 Å². The Morgan fingerprint density at radius 1 is 1.52 bits per heavy atom. The Hall–Kier alpha value is -1.60. The molecule has 0 unspecified atom stereocenters. The van der Waals surface area contributed by atoms with Gasteiger partial charge in [0, 0.05) is 30.0 Å². The first kappa shape index (κ1) is 17.5. The number of hydrogen-bond acceptors (Lipinski definition) is 5. The fourth-order valence-corrected chi connectivity index (χ4v) is 2.48. The van der Waals surface area contributed by atoms with Crippen molar-refractivity contribution in [3.8, 4) is 0 Å². The van der Waals surface area contributed by atoms with Crippen LogP contribution in [0, 0.1) is 10.1 Å². The predicted molar refractivity (Wildman–Crippen MR) is 89.7 cm³/mol. The Balaban J connectivity index is 0.00000220. The third-order valence-corrected chi connectivity index (χ3v) is 3.70. The van der Waals surface area contributed by atoms with Crippen LogP contribution in [0.25, 0.3) is 0 Å². The molecule has 1 heterocycles. The number of unbranched alkanes of at least 4 members (excludes halogenated alkanes) is 1. The van der Waals surface area contributed by atoms with E-state index in [1.165, 1.54) is 6.07 Å². The number of halogens is 1. The monoisotopic (exact) mass is 328 g/mol. The summed E-state index contributed by atoms with van der Waals surface area (Å²) in [5.41, 5.74) is 4.56.